The van der Waals surface area contributed by atoms with Crippen molar-refractivity contribution in [1.29, 1.82) is 0 Å². The summed E-state index contributed by atoms with van der Waals surface area (Å²) >= 11 is 1.58. The molecule has 1 unspecified atom stereocenters. The van der Waals surface area contributed by atoms with Gasteiger partial charge in [-0.25, -0.2) is 0 Å². The Bertz CT molecular complexity index is 462. The lowest BCUT2D eigenvalue weighted by Gasteiger charge is -2.11. The second-order valence-corrected chi connectivity index (χ2v) is 5.80. The van der Waals surface area contributed by atoms with Crippen molar-refractivity contribution in [2.75, 3.05) is 11.1 Å². The van der Waals surface area contributed by atoms with Gasteiger partial charge in [0, 0.05) is 23.1 Å². The Hall–Kier alpha value is -1.49. The Morgan fingerprint density at radius 3 is 2.80 bits per heavy atom. The number of benzene rings is 1. The number of carboxylic acids is 1. The fourth-order valence-corrected chi connectivity index (χ4v) is 2.42. The Labute approximate surface area is 124 Å². The monoisotopic (exact) mass is 295 g/mol. The summed E-state index contributed by atoms with van der Waals surface area (Å²) < 4.78 is 0. The molecule has 0 aromatic heterocycles. The van der Waals surface area contributed by atoms with Crippen molar-refractivity contribution in [2.24, 2.45) is 5.92 Å². The number of nitrogens with one attached hydrogen (secondary N) is 1. The van der Waals surface area contributed by atoms with Gasteiger partial charge in [-0.15, -0.1) is 0 Å². The van der Waals surface area contributed by atoms with Crippen LogP contribution in [0.3, 0.4) is 0 Å². The standard InChI is InChI=1S/C15H21NO3S/c1-3-11(2)15(19)16-13-6-4-5-12(9-13)10-20-8-7-14(17)18/h4-6,9,11H,3,7-8,10H2,1-2H3,(H,16,19)(H,17,18). The van der Waals surface area contributed by atoms with E-state index >= 15 is 0 Å². The maximum Gasteiger partial charge on any atom is 0.304 e. The van der Waals surface area contributed by atoms with E-state index in [1.54, 1.807) is 11.8 Å². The molecule has 0 radical (unpaired) electrons. The predicted molar refractivity (Wildman–Crippen MR) is 82.9 cm³/mol. The average Bonchev–Trinajstić information content (AvgIpc) is 2.43. The Morgan fingerprint density at radius 1 is 1.40 bits per heavy atom. The topological polar surface area (TPSA) is 66.4 Å². The molecule has 0 saturated heterocycles. The van der Waals surface area contributed by atoms with Gasteiger partial charge in [0.25, 0.3) is 0 Å². The van der Waals surface area contributed by atoms with Crippen LogP contribution in [0.1, 0.15) is 32.3 Å². The van der Waals surface area contributed by atoms with Crippen LogP contribution in [-0.2, 0) is 15.3 Å². The van der Waals surface area contributed by atoms with Gasteiger partial charge in [0.05, 0.1) is 6.42 Å². The first-order valence-corrected chi connectivity index (χ1v) is 7.87. The van der Waals surface area contributed by atoms with Crippen LogP contribution < -0.4 is 5.32 Å². The van der Waals surface area contributed by atoms with E-state index in [9.17, 15) is 9.59 Å². The first-order valence-electron chi connectivity index (χ1n) is 6.72. The van der Waals surface area contributed by atoms with Crippen molar-refractivity contribution in [3.05, 3.63) is 29.8 Å². The molecule has 0 saturated carbocycles. The number of carboxylic acid groups (broad SMARTS) is 1. The molecule has 1 aromatic rings. The van der Waals surface area contributed by atoms with Crippen LogP contribution in [0.2, 0.25) is 0 Å². The number of aliphatic carboxylic acids is 1. The maximum absolute atomic E-state index is 11.8. The van der Waals surface area contributed by atoms with E-state index in [0.29, 0.717) is 5.75 Å². The van der Waals surface area contributed by atoms with Crippen LogP contribution in [0.15, 0.2) is 24.3 Å². The van der Waals surface area contributed by atoms with E-state index < -0.39 is 5.97 Å². The number of carbonyl (C=O) groups excluding carboxylic acids is 1. The first-order chi connectivity index (χ1) is 9.52. The second kappa shape index (κ2) is 8.64. The van der Waals surface area contributed by atoms with Gasteiger partial charge in [-0.2, -0.15) is 11.8 Å². The largest absolute Gasteiger partial charge is 0.481 e. The number of hydrogen-bond acceptors (Lipinski definition) is 3. The number of anilines is 1. The highest BCUT2D eigenvalue weighted by Gasteiger charge is 2.10. The number of thioether (sulfide) groups is 1. The molecule has 0 fully saturated rings. The molecule has 5 heteroatoms. The third-order valence-corrected chi connectivity index (χ3v) is 4.01. The zero-order valence-electron chi connectivity index (χ0n) is 11.9. The normalized spacial score (nSPS) is 11.9. The molecule has 0 aliphatic heterocycles. The molecule has 0 bridgehead atoms. The summed E-state index contributed by atoms with van der Waals surface area (Å²) in [4.78, 5) is 22.2. The van der Waals surface area contributed by atoms with Crippen LogP contribution in [0.5, 0.6) is 0 Å². The van der Waals surface area contributed by atoms with E-state index in [0.717, 1.165) is 23.4 Å². The van der Waals surface area contributed by atoms with Gasteiger partial charge in [-0.3, -0.25) is 9.59 Å². The van der Waals surface area contributed by atoms with Gasteiger partial charge in [0.1, 0.15) is 0 Å². The van der Waals surface area contributed by atoms with E-state index in [1.807, 2.05) is 38.1 Å². The molecule has 1 atom stereocenters. The van der Waals surface area contributed by atoms with Gasteiger partial charge < -0.3 is 10.4 Å². The summed E-state index contributed by atoms with van der Waals surface area (Å²) in [6.45, 7) is 3.89. The third-order valence-electron chi connectivity index (χ3n) is 2.98. The van der Waals surface area contributed by atoms with E-state index in [-0.39, 0.29) is 18.2 Å². The number of amides is 1. The van der Waals surface area contributed by atoms with Crippen LogP contribution in [0.25, 0.3) is 0 Å². The van der Waals surface area contributed by atoms with E-state index in [4.69, 9.17) is 5.11 Å². The minimum Gasteiger partial charge on any atom is -0.481 e. The molecule has 1 amide bonds. The highest BCUT2D eigenvalue weighted by Crippen LogP contribution is 2.18. The summed E-state index contributed by atoms with van der Waals surface area (Å²) in [5.41, 5.74) is 1.88. The number of rotatable bonds is 8. The maximum atomic E-state index is 11.8. The van der Waals surface area contributed by atoms with Gasteiger partial charge in [-0.1, -0.05) is 26.0 Å². The molecule has 0 aliphatic rings. The molecule has 0 aliphatic carbocycles. The molecule has 20 heavy (non-hydrogen) atoms. The van der Waals surface area contributed by atoms with Crippen LogP contribution in [-0.4, -0.2) is 22.7 Å². The molecule has 0 spiro atoms. The highest BCUT2D eigenvalue weighted by atomic mass is 32.2. The van der Waals surface area contributed by atoms with Gasteiger partial charge >= 0.3 is 5.97 Å². The molecule has 2 N–H and O–H groups in total. The second-order valence-electron chi connectivity index (χ2n) is 4.70. The van der Waals surface area contributed by atoms with E-state index in [1.165, 1.54) is 0 Å². The molecular formula is C15H21NO3S. The Kier molecular flexibility index (Phi) is 7.15. The van der Waals surface area contributed by atoms with Crippen LogP contribution in [0.4, 0.5) is 5.69 Å². The molecular weight excluding hydrogens is 274 g/mol. The van der Waals surface area contributed by atoms with Crippen LogP contribution >= 0.6 is 11.8 Å². The van der Waals surface area contributed by atoms with Crippen molar-refractivity contribution in [3.8, 4) is 0 Å². The Morgan fingerprint density at radius 2 is 2.15 bits per heavy atom. The van der Waals surface area contributed by atoms with Crippen LogP contribution in [0, 0.1) is 5.92 Å². The van der Waals surface area contributed by atoms with E-state index in [2.05, 4.69) is 5.32 Å². The summed E-state index contributed by atoms with van der Waals surface area (Å²) in [5, 5.41) is 11.5. The summed E-state index contributed by atoms with van der Waals surface area (Å²) in [5.74, 6) is 0.609. The van der Waals surface area contributed by atoms with Crippen molar-refractivity contribution < 1.29 is 14.7 Å². The van der Waals surface area contributed by atoms with Crippen molar-refractivity contribution >= 4 is 29.3 Å². The first kappa shape index (κ1) is 16.6. The van der Waals surface area contributed by atoms with Gasteiger partial charge in [0.2, 0.25) is 5.91 Å². The van der Waals surface area contributed by atoms with Gasteiger partial charge in [0.15, 0.2) is 0 Å². The van der Waals surface area contributed by atoms with Crippen molar-refractivity contribution in [1.82, 2.24) is 0 Å². The SMILES string of the molecule is CCC(C)C(=O)Nc1cccc(CSCCC(=O)O)c1. The number of hydrogen-bond donors (Lipinski definition) is 2. The molecule has 1 rings (SSSR count). The molecule has 4 nitrogen and oxygen atoms in total. The molecule has 0 heterocycles. The average molecular weight is 295 g/mol. The smallest absolute Gasteiger partial charge is 0.304 e. The molecule has 110 valence electrons. The lowest BCUT2D eigenvalue weighted by molar-refractivity contribution is -0.136. The van der Waals surface area contributed by atoms with Crippen molar-refractivity contribution in [3.63, 3.8) is 0 Å². The Balaban J connectivity index is 2.49. The quantitative estimate of drug-likeness (QED) is 0.722. The summed E-state index contributed by atoms with van der Waals surface area (Å²) in [6.07, 6.45) is 0.992. The zero-order valence-corrected chi connectivity index (χ0v) is 12.7. The molecule has 1 aromatic carbocycles. The minimum atomic E-state index is -0.771. The zero-order chi connectivity index (χ0) is 15.0. The summed E-state index contributed by atoms with van der Waals surface area (Å²) in [6, 6.07) is 7.69. The third kappa shape index (κ3) is 6.10. The summed E-state index contributed by atoms with van der Waals surface area (Å²) in [7, 11) is 0. The lowest BCUT2D eigenvalue weighted by atomic mass is 10.1. The fourth-order valence-electron chi connectivity index (χ4n) is 1.54. The predicted octanol–water partition coefficient (Wildman–Crippen LogP) is 3.38. The fraction of sp³-hybridized carbons (Fsp3) is 0.467. The van der Waals surface area contributed by atoms with Crippen molar-refractivity contribution in [2.45, 2.75) is 32.4 Å². The van der Waals surface area contributed by atoms with Gasteiger partial charge in [-0.05, 0) is 24.1 Å². The minimum absolute atomic E-state index is 0.00333. The highest BCUT2D eigenvalue weighted by molar-refractivity contribution is 7.98. The lowest BCUT2D eigenvalue weighted by Crippen LogP contribution is -2.19. The number of carbonyl (C=O) groups is 2.